The molecule has 58 valence electrons. The maximum absolute atomic E-state index is 3.74. The van der Waals surface area contributed by atoms with Gasteiger partial charge in [-0.15, -0.1) is 0 Å². The first kappa shape index (κ1) is 9.28. The van der Waals surface area contributed by atoms with E-state index in [-0.39, 0.29) is 0 Å². The molecule has 0 aliphatic rings. The zero-order valence-corrected chi connectivity index (χ0v) is 7.22. The molecule has 0 rings (SSSR count). The second-order valence-electron chi connectivity index (χ2n) is 2.62. The molecular weight excluding hydrogens is 122 g/mol. The smallest absolute Gasteiger partial charge is 0.00557 e. The van der Waals surface area contributed by atoms with Crippen molar-refractivity contribution in [1.82, 2.24) is 4.90 Å². The molecule has 0 saturated heterocycles. The fourth-order valence-electron chi connectivity index (χ4n) is 0.840. The van der Waals surface area contributed by atoms with Crippen molar-refractivity contribution in [3.05, 3.63) is 24.4 Å². The quantitative estimate of drug-likeness (QED) is 0.541. The number of hydrogen-bond acceptors (Lipinski definition) is 1. The average molecular weight is 139 g/mol. The predicted octanol–water partition coefficient (Wildman–Crippen LogP) is 2.42. The third-order valence-electron chi connectivity index (χ3n) is 1.22. The molecule has 0 N–H and O–H groups in total. The van der Waals surface area contributed by atoms with Crippen molar-refractivity contribution in [2.24, 2.45) is 0 Å². The molecule has 0 aromatic rings. The fraction of sp³-hybridized carbons (Fsp3) is 0.556. The van der Waals surface area contributed by atoms with E-state index in [0.29, 0.717) is 0 Å². The van der Waals surface area contributed by atoms with Crippen molar-refractivity contribution < 1.29 is 0 Å². The van der Waals surface area contributed by atoms with Crippen LogP contribution in [0.25, 0.3) is 0 Å². The van der Waals surface area contributed by atoms with Crippen LogP contribution in [0.1, 0.15) is 19.8 Å². The van der Waals surface area contributed by atoms with Gasteiger partial charge >= 0.3 is 0 Å². The van der Waals surface area contributed by atoms with Crippen LogP contribution in [0.2, 0.25) is 0 Å². The van der Waals surface area contributed by atoms with Gasteiger partial charge in [0.05, 0.1) is 0 Å². The van der Waals surface area contributed by atoms with Gasteiger partial charge < -0.3 is 4.90 Å². The van der Waals surface area contributed by atoms with E-state index in [9.17, 15) is 0 Å². The Morgan fingerprint density at radius 3 is 2.40 bits per heavy atom. The highest BCUT2D eigenvalue weighted by Gasteiger charge is 1.88. The molecule has 10 heavy (non-hydrogen) atoms. The van der Waals surface area contributed by atoms with Gasteiger partial charge in [0.2, 0.25) is 0 Å². The van der Waals surface area contributed by atoms with E-state index >= 15 is 0 Å². The lowest BCUT2D eigenvalue weighted by molar-refractivity contribution is 0.556. The first-order valence-corrected chi connectivity index (χ1v) is 3.70. The SMILES string of the molecule is C=C/C(=C\N(C)C)CCC. The molecular formula is C9H17N. The molecule has 0 fully saturated rings. The van der Waals surface area contributed by atoms with E-state index in [1.807, 2.05) is 25.1 Å². The molecule has 0 saturated carbocycles. The van der Waals surface area contributed by atoms with Crippen LogP contribution in [-0.4, -0.2) is 19.0 Å². The average Bonchev–Trinajstić information content (AvgIpc) is 1.86. The Morgan fingerprint density at radius 1 is 1.50 bits per heavy atom. The van der Waals surface area contributed by atoms with Gasteiger partial charge in [0.1, 0.15) is 0 Å². The molecule has 0 spiro atoms. The summed E-state index contributed by atoms with van der Waals surface area (Å²) in [6.07, 6.45) is 6.34. The van der Waals surface area contributed by atoms with Crippen LogP contribution >= 0.6 is 0 Å². The Morgan fingerprint density at radius 2 is 2.10 bits per heavy atom. The highest BCUT2D eigenvalue weighted by Crippen LogP contribution is 2.05. The van der Waals surface area contributed by atoms with Crippen molar-refractivity contribution in [2.45, 2.75) is 19.8 Å². The zero-order chi connectivity index (χ0) is 7.98. The summed E-state index contributed by atoms with van der Waals surface area (Å²) in [5.41, 5.74) is 1.31. The van der Waals surface area contributed by atoms with Gasteiger partial charge in [-0.25, -0.2) is 0 Å². The Labute approximate surface area is 64.0 Å². The molecule has 0 radical (unpaired) electrons. The minimum absolute atomic E-state index is 1.13. The van der Waals surface area contributed by atoms with Crippen molar-refractivity contribution in [3.8, 4) is 0 Å². The molecule has 0 amide bonds. The molecule has 0 bridgehead atoms. The van der Waals surface area contributed by atoms with Crippen molar-refractivity contribution >= 4 is 0 Å². The maximum Gasteiger partial charge on any atom is 0.00557 e. The minimum atomic E-state index is 1.13. The molecule has 0 atom stereocenters. The van der Waals surface area contributed by atoms with Crippen LogP contribution in [0.5, 0.6) is 0 Å². The van der Waals surface area contributed by atoms with Crippen LogP contribution in [0.4, 0.5) is 0 Å². The van der Waals surface area contributed by atoms with Crippen LogP contribution in [0.3, 0.4) is 0 Å². The van der Waals surface area contributed by atoms with Gasteiger partial charge in [0.25, 0.3) is 0 Å². The molecule has 1 heteroatoms. The molecule has 1 nitrogen and oxygen atoms in total. The lowest BCUT2D eigenvalue weighted by Gasteiger charge is -2.07. The first-order valence-electron chi connectivity index (χ1n) is 3.70. The highest BCUT2D eigenvalue weighted by molar-refractivity contribution is 5.14. The summed E-state index contributed by atoms with van der Waals surface area (Å²) < 4.78 is 0. The third-order valence-corrected chi connectivity index (χ3v) is 1.22. The number of nitrogens with zero attached hydrogens (tertiary/aromatic N) is 1. The Bertz CT molecular complexity index is 123. The minimum Gasteiger partial charge on any atom is -0.383 e. The molecule has 0 unspecified atom stereocenters. The number of hydrogen-bond donors (Lipinski definition) is 0. The van der Waals surface area contributed by atoms with E-state index in [0.717, 1.165) is 6.42 Å². The molecule has 0 aromatic carbocycles. The van der Waals surface area contributed by atoms with Gasteiger partial charge in [0, 0.05) is 20.3 Å². The number of rotatable bonds is 4. The Hall–Kier alpha value is -0.720. The normalized spacial score (nSPS) is 11.3. The molecule has 0 heterocycles. The fourth-order valence-corrected chi connectivity index (χ4v) is 0.840. The highest BCUT2D eigenvalue weighted by atomic mass is 15.0. The Kier molecular flexibility index (Phi) is 4.73. The lowest BCUT2D eigenvalue weighted by atomic mass is 10.1. The third kappa shape index (κ3) is 4.19. The summed E-state index contributed by atoms with van der Waals surface area (Å²) in [5.74, 6) is 0. The van der Waals surface area contributed by atoms with Crippen LogP contribution in [0.15, 0.2) is 24.4 Å². The summed E-state index contributed by atoms with van der Waals surface area (Å²) in [6.45, 7) is 5.91. The van der Waals surface area contributed by atoms with Crippen LogP contribution in [0, 0.1) is 0 Å². The van der Waals surface area contributed by atoms with Crippen LogP contribution in [-0.2, 0) is 0 Å². The Balaban J connectivity index is 3.90. The van der Waals surface area contributed by atoms with E-state index in [4.69, 9.17) is 0 Å². The summed E-state index contributed by atoms with van der Waals surface area (Å²) in [7, 11) is 4.05. The van der Waals surface area contributed by atoms with Gasteiger partial charge in [0.15, 0.2) is 0 Å². The second kappa shape index (κ2) is 5.10. The molecule has 0 aliphatic heterocycles. The van der Waals surface area contributed by atoms with Crippen molar-refractivity contribution in [1.29, 1.82) is 0 Å². The molecule has 0 aliphatic carbocycles. The number of allylic oxidation sites excluding steroid dienone is 2. The summed E-state index contributed by atoms with van der Waals surface area (Å²) >= 11 is 0. The first-order chi connectivity index (χ1) is 4.70. The van der Waals surface area contributed by atoms with Gasteiger partial charge in [-0.1, -0.05) is 26.0 Å². The summed E-state index contributed by atoms with van der Waals surface area (Å²) in [5, 5.41) is 0. The zero-order valence-electron chi connectivity index (χ0n) is 7.22. The van der Waals surface area contributed by atoms with Gasteiger partial charge in [-0.05, 0) is 12.0 Å². The topological polar surface area (TPSA) is 3.24 Å². The largest absolute Gasteiger partial charge is 0.383 e. The summed E-state index contributed by atoms with van der Waals surface area (Å²) in [6, 6.07) is 0. The maximum atomic E-state index is 3.74. The molecule has 0 aromatic heterocycles. The van der Waals surface area contributed by atoms with Gasteiger partial charge in [-0.2, -0.15) is 0 Å². The standard InChI is InChI=1S/C9H17N/c1-5-7-9(6-2)8-10(3)4/h6,8H,2,5,7H2,1,3-4H3/b9-8+. The van der Waals surface area contributed by atoms with Crippen molar-refractivity contribution in [3.63, 3.8) is 0 Å². The van der Waals surface area contributed by atoms with E-state index in [1.54, 1.807) is 0 Å². The van der Waals surface area contributed by atoms with Crippen LogP contribution < -0.4 is 0 Å². The van der Waals surface area contributed by atoms with E-state index in [2.05, 4.69) is 19.7 Å². The predicted molar refractivity (Wildman–Crippen MR) is 46.9 cm³/mol. The van der Waals surface area contributed by atoms with E-state index < -0.39 is 0 Å². The lowest BCUT2D eigenvalue weighted by Crippen LogP contribution is -2.02. The summed E-state index contributed by atoms with van der Waals surface area (Å²) in [4.78, 5) is 2.05. The van der Waals surface area contributed by atoms with Crippen molar-refractivity contribution in [2.75, 3.05) is 14.1 Å². The van der Waals surface area contributed by atoms with Gasteiger partial charge in [-0.3, -0.25) is 0 Å². The van der Waals surface area contributed by atoms with E-state index in [1.165, 1.54) is 12.0 Å². The second-order valence-corrected chi connectivity index (χ2v) is 2.62. The monoisotopic (exact) mass is 139 g/mol.